The predicted molar refractivity (Wildman–Crippen MR) is 95.2 cm³/mol. The number of thioether (sulfide) groups is 1. The molecule has 0 saturated carbocycles. The summed E-state index contributed by atoms with van der Waals surface area (Å²) in [6, 6.07) is 9.41. The van der Waals surface area contributed by atoms with Crippen LogP contribution in [0.1, 0.15) is 51.0 Å². The minimum Gasteiger partial charge on any atom is -0.310 e. The van der Waals surface area contributed by atoms with Crippen LogP contribution in [0, 0.1) is 6.92 Å². The number of allylic oxidation sites excluding steroid dienone is 1. The van der Waals surface area contributed by atoms with E-state index in [1.54, 1.807) is 5.57 Å². The molecule has 0 bridgehead atoms. The fourth-order valence-electron chi connectivity index (χ4n) is 2.86. The Morgan fingerprint density at radius 1 is 1.24 bits per heavy atom. The van der Waals surface area contributed by atoms with Crippen molar-refractivity contribution in [2.75, 3.05) is 12.3 Å². The molecule has 1 N–H and O–H groups in total. The van der Waals surface area contributed by atoms with Gasteiger partial charge in [0.25, 0.3) is 0 Å². The van der Waals surface area contributed by atoms with E-state index >= 15 is 0 Å². The zero-order chi connectivity index (χ0) is 14.9. The molecule has 0 fully saturated rings. The minimum atomic E-state index is 0.550. The first kappa shape index (κ1) is 16.6. The highest BCUT2D eigenvalue weighted by Crippen LogP contribution is 2.25. The first-order valence-corrected chi connectivity index (χ1v) is 9.40. The second kappa shape index (κ2) is 9.32. The van der Waals surface area contributed by atoms with Crippen molar-refractivity contribution in [2.45, 2.75) is 63.3 Å². The topological polar surface area (TPSA) is 12.0 Å². The molecule has 116 valence electrons. The van der Waals surface area contributed by atoms with E-state index in [0.717, 1.165) is 12.3 Å². The molecule has 0 spiro atoms. The lowest BCUT2D eigenvalue weighted by atomic mass is 10.0. The van der Waals surface area contributed by atoms with E-state index in [1.807, 2.05) is 11.8 Å². The maximum Gasteiger partial charge on any atom is 0.0374 e. The molecule has 1 aliphatic carbocycles. The van der Waals surface area contributed by atoms with E-state index in [2.05, 4.69) is 49.5 Å². The third-order valence-corrected chi connectivity index (χ3v) is 5.16. The van der Waals surface area contributed by atoms with Gasteiger partial charge in [-0.2, -0.15) is 0 Å². The molecule has 1 aromatic rings. The average Bonchev–Trinajstić information content (AvgIpc) is 2.77. The maximum absolute atomic E-state index is 3.76. The van der Waals surface area contributed by atoms with Crippen LogP contribution in [0.4, 0.5) is 0 Å². The molecule has 0 heterocycles. The predicted octanol–water partition coefficient (Wildman–Crippen LogP) is 5.35. The van der Waals surface area contributed by atoms with Gasteiger partial charge in [0.15, 0.2) is 0 Å². The second-order valence-corrected chi connectivity index (χ2v) is 7.11. The van der Waals surface area contributed by atoms with Crippen molar-refractivity contribution in [3.63, 3.8) is 0 Å². The SMILES string of the molecule is CCCNC(CSc1cccc(C)c1)C1=CCCCCC1. The molecule has 21 heavy (non-hydrogen) atoms. The summed E-state index contributed by atoms with van der Waals surface area (Å²) in [5, 5.41) is 3.76. The summed E-state index contributed by atoms with van der Waals surface area (Å²) >= 11 is 1.99. The van der Waals surface area contributed by atoms with E-state index in [0.29, 0.717) is 6.04 Å². The lowest BCUT2D eigenvalue weighted by Gasteiger charge is -2.21. The standard InChI is InChI=1S/C19H29NS/c1-3-13-20-19(17-10-6-4-5-7-11-17)15-21-18-12-8-9-16(2)14-18/h8-10,12,14,19-20H,3-7,11,13,15H2,1-2H3. The quantitative estimate of drug-likeness (QED) is 0.538. The minimum absolute atomic E-state index is 0.550. The monoisotopic (exact) mass is 303 g/mol. The van der Waals surface area contributed by atoms with Crippen LogP contribution in [0.25, 0.3) is 0 Å². The molecule has 0 aromatic heterocycles. The summed E-state index contributed by atoms with van der Waals surface area (Å²) in [5.74, 6) is 1.15. The average molecular weight is 304 g/mol. The van der Waals surface area contributed by atoms with E-state index in [9.17, 15) is 0 Å². The van der Waals surface area contributed by atoms with Crippen molar-refractivity contribution in [3.05, 3.63) is 41.5 Å². The van der Waals surface area contributed by atoms with Gasteiger partial charge in [-0.15, -0.1) is 11.8 Å². The molecule has 1 unspecified atom stereocenters. The molecule has 2 rings (SSSR count). The lowest BCUT2D eigenvalue weighted by molar-refractivity contribution is 0.584. The van der Waals surface area contributed by atoms with Gasteiger partial charge in [0.2, 0.25) is 0 Å². The van der Waals surface area contributed by atoms with Gasteiger partial charge in [-0.25, -0.2) is 0 Å². The molecule has 1 atom stereocenters. The molecule has 0 amide bonds. The third kappa shape index (κ3) is 5.88. The Morgan fingerprint density at radius 2 is 2.14 bits per heavy atom. The largest absolute Gasteiger partial charge is 0.310 e. The Hall–Kier alpha value is -0.730. The Kier molecular flexibility index (Phi) is 7.38. The van der Waals surface area contributed by atoms with Crippen LogP contribution in [-0.2, 0) is 0 Å². The number of benzene rings is 1. The molecule has 0 aliphatic heterocycles. The van der Waals surface area contributed by atoms with E-state index < -0.39 is 0 Å². The van der Waals surface area contributed by atoms with Gasteiger partial charge < -0.3 is 5.32 Å². The first-order valence-electron chi connectivity index (χ1n) is 8.41. The molecule has 0 radical (unpaired) electrons. The van der Waals surface area contributed by atoms with Gasteiger partial charge in [0.05, 0.1) is 0 Å². The van der Waals surface area contributed by atoms with Crippen LogP contribution in [0.5, 0.6) is 0 Å². The van der Waals surface area contributed by atoms with Gasteiger partial charge in [0, 0.05) is 16.7 Å². The lowest BCUT2D eigenvalue weighted by Crippen LogP contribution is -2.33. The van der Waals surface area contributed by atoms with Crippen LogP contribution in [0.15, 0.2) is 40.8 Å². The normalized spacial score (nSPS) is 17.1. The summed E-state index contributed by atoms with van der Waals surface area (Å²) in [5.41, 5.74) is 3.01. The van der Waals surface area contributed by atoms with Crippen LogP contribution >= 0.6 is 11.8 Å². The Labute approximate surface area is 134 Å². The summed E-state index contributed by atoms with van der Waals surface area (Å²) in [7, 11) is 0. The van der Waals surface area contributed by atoms with E-state index in [4.69, 9.17) is 0 Å². The van der Waals surface area contributed by atoms with Crippen molar-refractivity contribution in [1.29, 1.82) is 0 Å². The fraction of sp³-hybridized carbons (Fsp3) is 0.579. The Balaban J connectivity index is 1.96. The number of hydrogen-bond acceptors (Lipinski definition) is 2. The number of nitrogens with one attached hydrogen (secondary N) is 1. The van der Waals surface area contributed by atoms with Crippen LogP contribution in [-0.4, -0.2) is 18.3 Å². The Morgan fingerprint density at radius 3 is 2.95 bits per heavy atom. The van der Waals surface area contributed by atoms with Crippen LogP contribution in [0.3, 0.4) is 0 Å². The molecular formula is C19H29NS. The highest BCUT2D eigenvalue weighted by atomic mass is 32.2. The summed E-state index contributed by atoms with van der Waals surface area (Å²) in [6.45, 7) is 5.54. The number of hydrogen-bond donors (Lipinski definition) is 1. The second-order valence-electron chi connectivity index (χ2n) is 6.01. The molecular weight excluding hydrogens is 274 g/mol. The van der Waals surface area contributed by atoms with Gasteiger partial charge >= 0.3 is 0 Å². The van der Waals surface area contributed by atoms with Crippen molar-refractivity contribution in [3.8, 4) is 0 Å². The molecule has 1 nitrogen and oxygen atoms in total. The third-order valence-electron chi connectivity index (χ3n) is 4.07. The van der Waals surface area contributed by atoms with Gasteiger partial charge in [-0.1, -0.05) is 42.7 Å². The maximum atomic E-state index is 3.76. The van der Waals surface area contributed by atoms with E-state index in [-0.39, 0.29) is 0 Å². The molecule has 0 saturated heterocycles. The summed E-state index contributed by atoms with van der Waals surface area (Å²) in [6.07, 6.45) is 10.4. The van der Waals surface area contributed by atoms with Crippen molar-refractivity contribution >= 4 is 11.8 Å². The smallest absolute Gasteiger partial charge is 0.0374 e. The van der Waals surface area contributed by atoms with Crippen molar-refractivity contribution in [1.82, 2.24) is 5.32 Å². The zero-order valence-electron chi connectivity index (χ0n) is 13.5. The van der Waals surface area contributed by atoms with Crippen molar-refractivity contribution < 1.29 is 0 Å². The van der Waals surface area contributed by atoms with Gasteiger partial charge in [-0.3, -0.25) is 0 Å². The Bertz CT molecular complexity index is 453. The fourth-order valence-corrected chi connectivity index (χ4v) is 3.99. The molecule has 1 aliphatic rings. The number of rotatable bonds is 7. The first-order chi connectivity index (χ1) is 10.3. The van der Waals surface area contributed by atoms with Gasteiger partial charge in [0.1, 0.15) is 0 Å². The van der Waals surface area contributed by atoms with Gasteiger partial charge in [-0.05, 0) is 57.7 Å². The highest BCUT2D eigenvalue weighted by Gasteiger charge is 2.15. The molecule has 1 aromatic carbocycles. The van der Waals surface area contributed by atoms with Crippen LogP contribution in [0.2, 0.25) is 0 Å². The van der Waals surface area contributed by atoms with Crippen LogP contribution < -0.4 is 5.32 Å². The highest BCUT2D eigenvalue weighted by molar-refractivity contribution is 7.99. The zero-order valence-corrected chi connectivity index (χ0v) is 14.3. The molecule has 2 heteroatoms. The number of aryl methyl sites for hydroxylation is 1. The van der Waals surface area contributed by atoms with E-state index in [1.165, 1.54) is 49.0 Å². The summed E-state index contributed by atoms with van der Waals surface area (Å²) in [4.78, 5) is 1.40. The van der Waals surface area contributed by atoms with Crippen molar-refractivity contribution in [2.24, 2.45) is 0 Å². The summed E-state index contributed by atoms with van der Waals surface area (Å²) < 4.78 is 0.